The maximum Gasteiger partial charge on any atom is 0.118 e. The number of pyridine rings is 1. The second-order valence-corrected chi connectivity index (χ2v) is 5.79. The van der Waals surface area contributed by atoms with Crippen molar-refractivity contribution in [3.05, 3.63) is 67.1 Å². The van der Waals surface area contributed by atoms with Gasteiger partial charge >= 0.3 is 0 Å². The predicted octanol–water partition coefficient (Wildman–Crippen LogP) is 4.38. The SMILES string of the molecule is COc1ccc(-c2cnc(-c3ccc(OC)cc3)c3cnncc23)cc1. The lowest BCUT2D eigenvalue weighted by Gasteiger charge is -2.11. The van der Waals surface area contributed by atoms with Crippen LogP contribution in [0.3, 0.4) is 0 Å². The van der Waals surface area contributed by atoms with E-state index in [1.165, 1.54) is 0 Å². The highest BCUT2D eigenvalue weighted by Crippen LogP contribution is 2.34. The summed E-state index contributed by atoms with van der Waals surface area (Å²) in [5.74, 6) is 1.63. The highest BCUT2D eigenvalue weighted by atomic mass is 16.5. The highest BCUT2D eigenvalue weighted by molar-refractivity contribution is 6.02. The molecule has 0 N–H and O–H groups in total. The van der Waals surface area contributed by atoms with Gasteiger partial charge in [-0.25, -0.2) is 0 Å². The standard InChI is InChI=1S/C21H17N3O2/c1-25-16-7-3-14(4-8-16)18-11-22-21(20-13-24-23-12-19(18)20)15-5-9-17(26-2)10-6-15/h3-13H,1-2H3. The molecule has 0 saturated carbocycles. The van der Waals surface area contributed by atoms with Crippen molar-refractivity contribution in [1.29, 1.82) is 0 Å². The lowest BCUT2D eigenvalue weighted by molar-refractivity contribution is 0.415. The van der Waals surface area contributed by atoms with Gasteiger partial charge < -0.3 is 9.47 Å². The van der Waals surface area contributed by atoms with Crippen molar-refractivity contribution in [2.75, 3.05) is 14.2 Å². The molecule has 2 heterocycles. The Morgan fingerprint density at radius 3 is 1.73 bits per heavy atom. The van der Waals surface area contributed by atoms with Crippen molar-refractivity contribution in [3.8, 4) is 33.9 Å². The highest BCUT2D eigenvalue weighted by Gasteiger charge is 2.12. The molecule has 0 spiro atoms. The number of hydrogen-bond donors (Lipinski definition) is 0. The predicted molar refractivity (Wildman–Crippen MR) is 101 cm³/mol. The summed E-state index contributed by atoms with van der Waals surface area (Å²) in [5.41, 5.74) is 3.94. The molecule has 0 fully saturated rings. The summed E-state index contributed by atoms with van der Waals surface area (Å²) in [6.07, 6.45) is 5.42. The smallest absolute Gasteiger partial charge is 0.118 e. The monoisotopic (exact) mass is 343 g/mol. The first-order chi connectivity index (χ1) is 12.8. The van der Waals surface area contributed by atoms with Crippen LogP contribution in [0, 0.1) is 0 Å². The molecular weight excluding hydrogens is 326 g/mol. The number of aromatic nitrogens is 3. The van der Waals surface area contributed by atoms with Gasteiger partial charge in [-0.05, 0) is 42.0 Å². The summed E-state index contributed by atoms with van der Waals surface area (Å²) >= 11 is 0. The van der Waals surface area contributed by atoms with Crippen molar-refractivity contribution in [1.82, 2.24) is 15.2 Å². The first kappa shape index (κ1) is 16.0. The molecule has 0 aliphatic heterocycles. The quantitative estimate of drug-likeness (QED) is 0.550. The third-order valence-corrected chi connectivity index (χ3v) is 4.36. The van der Waals surface area contributed by atoms with E-state index in [1.54, 1.807) is 26.6 Å². The molecule has 0 saturated heterocycles. The molecule has 0 unspecified atom stereocenters. The lowest BCUT2D eigenvalue weighted by atomic mass is 9.99. The van der Waals surface area contributed by atoms with Crippen molar-refractivity contribution < 1.29 is 9.47 Å². The number of hydrogen-bond acceptors (Lipinski definition) is 5. The van der Waals surface area contributed by atoms with Gasteiger partial charge in [-0.15, -0.1) is 0 Å². The number of nitrogens with zero attached hydrogens (tertiary/aromatic N) is 3. The Morgan fingerprint density at radius 1 is 0.615 bits per heavy atom. The van der Waals surface area contributed by atoms with E-state index in [2.05, 4.69) is 10.2 Å². The Hall–Kier alpha value is -3.47. The Morgan fingerprint density at radius 2 is 1.15 bits per heavy atom. The number of ether oxygens (including phenoxy) is 2. The molecule has 4 rings (SSSR count). The van der Waals surface area contributed by atoms with E-state index in [-0.39, 0.29) is 0 Å². The number of benzene rings is 2. The fraction of sp³-hybridized carbons (Fsp3) is 0.0952. The summed E-state index contributed by atoms with van der Waals surface area (Å²) in [4.78, 5) is 4.71. The first-order valence-electron chi connectivity index (χ1n) is 8.18. The van der Waals surface area contributed by atoms with Gasteiger partial charge in [-0.1, -0.05) is 12.1 Å². The Balaban J connectivity index is 1.87. The molecular formula is C21H17N3O2. The number of methoxy groups -OCH3 is 2. The number of rotatable bonds is 4. The van der Waals surface area contributed by atoms with Crippen LogP contribution in [0.2, 0.25) is 0 Å². The minimum Gasteiger partial charge on any atom is -0.497 e. The van der Waals surface area contributed by atoms with Crippen molar-refractivity contribution >= 4 is 10.8 Å². The average Bonchev–Trinajstić information content (AvgIpc) is 2.73. The largest absolute Gasteiger partial charge is 0.497 e. The second-order valence-electron chi connectivity index (χ2n) is 5.79. The second kappa shape index (κ2) is 6.80. The molecule has 0 aliphatic rings. The summed E-state index contributed by atoms with van der Waals surface area (Å²) in [5, 5.41) is 10.1. The molecule has 4 aromatic rings. The summed E-state index contributed by atoms with van der Waals surface area (Å²) in [6.45, 7) is 0. The molecule has 0 aliphatic carbocycles. The van der Waals surface area contributed by atoms with E-state index < -0.39 is 0 Å². The molecule has 0 atom stereocenters. The normalized spacial score (nSPS) is 10.7. The Bertz CT molecular complexity index is 959. The van der Waals surface area contributed by atoms with Crippen molar-refractivity contribution in [2.24, 2.45) is 0 Å². The maximum atomic E-state index is 5.24. The van der Waals surface area contributed by atoms with Crippen LogP contribution < -0.4 is 9.47 Å². The molecule has 26 heavy (non-hydrogen) atoms. The van der Waals surface area contributed by atoms with Crippen molar-refractivity contribution in [3.63, 3.8) is 0 Å². The molecule has 0 bridgehead atoms. The molecule has 0 radical (unpaired) electrons. The molecule has 5 heteroatoms. The van der Waals surface area contributed by atoms with Crippen molar-refractivity contribution in [2.45, 2.75) is 0 Å². The van der Waals surface area contributed by atoms with Crippen LogP contribution in [0.1, 0.15) is 0 Å². The first-order valence-corrected chi connectivity index (χ1v) is 8.18. The topological polar surface area (TPSA) is 57.1 Å². The molecule has 0 amide bonds. The fourth-order valence-electron chi connectivity index (χ4n) is 2.97. The minimum atomic E-state index is 0.813. The van der Waals surface area contributed by atoms with Gasteiger partial charge in [0.2, 0.25) is 0 Å². The van der Waals surface area contributed by atoms with Gasteiger partial charge in [-0.2, -0.15) is 10.2 Å². The van der Waals surface area contributed by atoms with Crippen LogP contribution in [0.25, 0.3) is 33.2 Å². The van der Waals surface area contributed by atoms with E-state index in [1.807, 2.05) is 54.7 Å². The van der Waals surface area contributed by atoms with E-state index in [0.29, 0.717) is 0 Å². The summed E-state index contributed by atoms with van der Waals surface area (Å²) in [6, 6.07) is 15.7. The average molecular weight is 343 g/mol. The maximum absolute atomic E-state index is 5.24. The lowest BCUT2D eigenvalue weighted by Crippen LogP contribution is -1.93. The molecule has 2 aromatic carbocycles. The van der Waals surface area contributed by atoms with E-state index in [9.17, 15) is 0 Å². The van der Waals surface area contributed by atoms with Crippen LogP contribution >= 0.6 is 0 Å². The Labute approximate surface area is 151 Å². The molecule has 2 aromatic heterocycles. The van der Waals surface area contributed by atoms with Gasteiger partial charge in [0.05, 0.1) is 32.3 Å². The third kappa shape index (κ3) is 2.84. The van der Waals surface area contributed by atoms with Gasteiger partial charge in [0.15, 0.2) is 0 Å². The molecule has 5 nitrogen and oxygen atoms in total. The zero-order valence-corrected chi connectivity index (χ0v) is 14.5. The van der Waals surface area contributed by atoms with Crippen LogP contribution in [0.15, 0.2) is 67.1 Å². The van der Waals surface area contributed by atoms with Gasteiger partial charge in [0.1, 0.15) is 11.5 Å². The summed E-state index contributed by atoms with van der Waals surface area (Å²) in [7, 11) is 3.31. The Kier molecular flexibility index (Phi) is 4.19. The minimum absolute atomic E-state index is 0.813. The molecule has 128 valence electrons. The van der Waals surface area contributed by atoms with E-state index >= 15 is 0 Å². The zero-order valence-electron chi connectivity index (χ0n) is 14.5. The van der Waals surface area contributed by atoms with Gasteiger partial charge in [0, 0.05) is 28.1 Å². The van der Waals surface area contributed by atoms with Gasteiger partial charge in [0.25, 0.3) is 0 Å². The van der Waals surface area contributed by atoms with E-state index in [4.69, 9.17) is 14.5 Å². The third-order valence-electron chi connectivity index (χ3n) is 4.36. The van der Waals surface area contributed by atoms with Crippen LogP contribution in [0.4, 0.5) is 0 Å². The van der Waals surface area contributed by atoms with Gasteiger partial charge in [-0.3, -0.25) is 4.98 Å². The van der Waals surface area contributed by atoms with Crippen LogP contribution in [-0.2, 0) is 0 Å². The van der Waals surface area contributed by atoms with Crippen LogP contribution in [0.5, 0.6) is 11.5 Å². The van der Waals surface area contributed by atoms with E-state index in [0.717, 1.165) is 44.7 Å². The summed E-state index contributed by atoms with van der Waals surface area (Å²) < 4.78 is 10.5. The van der Waals surface area contributed by atoms with Crippen LogP contribution in [-0.4, -0.2) is 29.4 Å². The fourth-order valence-corrected chi connectivity index (χ4v) is 2.97. The number of fused-ring (bicyclic) bond motifs is 1. The zero-order chi connectivity index (χ0) is 17.9.